The van der Waals surface area contributed by atoms with Crippen LogP contribution in [0.25, 0.3) is 11.0 Å². The second-order valence-corrected chi connectivity index (χ2v) is 7.48. The van der Waals surface area contributed by atoms with Crippen LogP contribution in [0, 0.1) is 13.8 Å². The maximum Gasteiger partial charge on any atom is 0.219 e. The SMILES string of the molecule is Cc1cc(Oc2ccc(Cl)cn2)cc(C)c1CNc1nc2ccc(N)cc2n1C. The minimum absolute atomic E-state index is 0.512. The summed E-state index contributed by atoms with van der Waals surface area (Å²) in [5.74, 6) is 2.06. The maximum absolute atomic E-state index is 5.90. The van der Waals surface area contributed by atoms with E-state index in [2.05, 4.69) is 29.1 Å². The molecule has 2 aromatic heterocycles. The number of nitrogens with zero attached hydrogens (tertiary/aromatic N) is 3. The third kappa shape index (κ3) is 3.98. The van der Waals surface area contributed by atoms with Crippen LogP contribution in [0.15, 0.2) is 48.7 Å². The van der Waals surface area contributed by atoms with Gasteiger partial charge in [0.25, 0.3) is 0 Å². The first kappa shape index (κ1) is 19.1. The number of nitrogen functional groups attached to an aromatic ring is 1. The van der Waals surface area contributed by atoms with Crippen LogP contribution >= 0.6 is 11.6 Å². The quantitative estimate of drug-likeness (QED) is 0.443. The fourth-order valence-electron chi connectivity index (χ4n) is 3.37. The number of benzene rings is 2. The number of pyridine rings is 1. The molecule has 0 fully saturated rings. The predicted molar refractivity (Wildman–Crippen MR) is 118 cm³/mol. The monoisotopic (exact) mass is 407 g/mol. The Balaban J connectivity index is 1.53. The summed E-state index contributed by atoms with van der Waals surface area (Å²) in [6.07, 6.45) is 1.57. The molecule has 4 rings (SSSR count). The summed E-state index contributed by atoms with van der Waals surface area (Å²) in [5.41, 5.74) is 12.0. The molecule has 7 heteroatoms. The summed E-state index contributed by atoms with van der Waals surface area (Å²) in [7, 11) is 1.98. The molecule has 0 aliphatic rings. The van der Waals surface area contributed by atoms with Gasteiger partial charge in [-0.15, -0.1) is 0 Å². The topological polar surface area (TPSA) is 78.0 Å². The lowest BCUT2D eigenvalue weighted by atomic mass is 10.0. The normalized spacial score (nSPS) is 11.0. The highest BCUT2D eigenvalue weighted by atomic mass is 35.5. The van der Waals surface area contributed by atoms with Gasteiger partial charge in [0.05, 0.1) is 16.1 Å². The van der Waals surface area contributed by atoms with E-state index >= 15 is 0 Å². The van der Waals surface area contributed by atoms with E-state index in [1.807, 2.05) is 41.9 Å². The molecule has 2 aromatic carbocycles. The Hall–Kier alpha value is -3.25. The second-order valence-electron chi connectivity index (χ2n) is 7.05. The lowest BCUT2D eigenvalue weighted by molar-refractivity contribution is 0.462. The fourth-order valence-corrected chi connectivity index (χ4v) is 3.48. The van der Waals surface area contributed by atoms with Gasteiger partial charge >= 0.3 is 0 Å². The van der Waals surface area contributed by atoms with Gasteiger partial charge in [-0.25, -0.2) is 9.97 Å². The lowest BCUT2D eigenvalue weighted by Crippen LogP contribution is -2.08. The molecule has 3 N–H and O–H groups in total. The number of rotatable bonds is 5. The zero-order chi connectivity index (χ0) is 20.5. The van der Waals surface area contributed by atoms with Gasteiger partial charge in [0.2, 0.25) is 11.8 Å². The minimum atomic E-state index is 0.512. The van der Waals surface area contributed by atoms with Crippen molar-refractivity contribution in [2.24, 2.45) is 7.05 Å². The van der Waals surface area contributed by atoms with Gasteiger partial charge in [-0.3, -0.25) is 0 Å². The van der Waals surface area contributed by atoms with Gasteiger partial charge < -0.3 is 20.4 Å². The molecule has 0 aliphatic carbocycles. The zero-order valence-electron chi connectivity index (χ0n) is 16.5. The van der Waals surface area contributed by atoms with Gasteiger partial charge in [0.1, 0.15) is 5.75 Å². The summed E-state index contributed by atoms with van der Waals surface area (Å²) < 4.78 is 7.88. The first-order valence-corrected chi connectivity index (χ1v) is 9.64. The molecule has 0 bridgehead atoms. The van der Waals surface area contributed by atoms with Crippen LogP contribution in [0.1, 0.15) is 16.7 Å². The van der Waals surface area contributed by atoms with Crippen LogP contribution in [-0.4, -0.2) is 14.5 Å². The van der Waals surface area contributed by atoms with Crippen LogP contribution in [0.4, 0.5) is 11.6 Å². The van der Waals surface area contributed by atoms with Crippen LogP contribution in [0.5, 0.6) is 11.6 Å². The molecule has 0 aliphatic heterocycles. The third-order valence-corrected chi connectivity index (χ3v) is 5.14. The Morgan fingerprint density at radius 1 is 1.10 bits per heavy atom. The molecule has 0 saturated carbocycles. The first-order chi connectivity index (χ1) is 13.9. The molecular weight excluding hydrogens is 386 g/mol. The Morgan fingerprint density at radius 2 is 1.86 bits per heavy atom. The van der Waals surface area contributed by atoms with Gasteiger partial charge in [-0.1, -0.05) is 11.6 Å². The van der Waals surface area contributed by atoms with Gasteiger partial charge in [-0.05, 0) is 66.9 Å². The molecule has 0 saturated heterocycles. The minimum Gasteiger partial charge on any atom is -0.439 e. The van der Waals surface area contributed by atoms with Crippen LogP contribution in [0.2, 0.25) is 5.02 Å². The van der Waals surface area contributed by atoms with E-state index < -0.39 is 0 Å². The van der Waals surface area contributed by atoms with Crippen molar-refractivity contribution in [2.75, 3.05) is 11.1 Å². The number of nitrogens with one attached hydrogen (secondary N) is 1. The Bertz CT molecular complexity index is 1160. The summed E-state index contributed by atoms with van der Waals surface area (Å²) in [6, 6.07) is 13.3. The standard InChI is InChI=1S/C22H22ClN5O/c1-13-8-17(29-21-7-4-15(23)11-25-21)9-14(2)18(13)12-26-22-27-19-6-5-16(24)10-20(19)28(22)3/h4-11H,12,24H2,1-3H3,(H,26,27). The molecule has 0 atom stereocenters. The number of nitrogens with two attached hydrogens (primary N) is 1. The number of halogens is 1. The van der Waals surface area contributed by atoms with Gasteiger partial charge in [0, 0.05) is 31.5 Å². The van der Waals surface area contributed by atoms with Crippen molar-refractivity contribution >= 4 is 34.3 Å². The third-order valence-electron chi connectivity index (χ3n) is 4.92. The van der Waals surface area contributed by atoms with Crippen molar-refractivity contribution in [2.45, 2.75) is 20.4 Å². The molecule has 6 nitrogen and oxygen atoms in total. The molecular formula is C22H22ClN5O. The highest BCUT2D eigenvalue weighted by molar-refractivity contribution is 6.30. The summed E-state index contributed by atoms with van der Waals surface area (Å²) in [6.45, 7) is 4.80. The van der Waals surface area contributed by atoms with E-state index in [0.717, 1.165) is 39.5 Å². The number of aromatic nitrogens is 3. The molecule has 2 heterocycles. The molecule has 0 unspecified atom stereocenters. The summed E-state index contributed by atoms with van der Waals surface area (Å²) in [4.78, 5) is 8.84. The largest absolute Gasteiger partial charge is 0.439 e. The number of hydrogen-bond donors (Lipinski definition) is 2. The first-order valence-electron chi connectivity index (χ1n) is 9.26. The van der Waals surface area contributed by atoms with Crippen molar-refractivity contribution in [1.82, 2.24) is 14.5 Å². The van der Waals surface area contributed by atoms with Crippen LogP contribution in [0.3, 0.4) is 0 Å². The van der Waals surface area contributed by atoms with Crippen molar-refractivity contribution in [3.05, 3.63) is 70.4 Å². The highest BCUT2D eigenvalue weighted by Gasteiger charge is 2.11. The van der Waals surface area contributed by atoms with Gasteiger partial charge in [-0.2, -0.15) is 0 Å². The second kappa shape index (κ2) is 7.64. The fraction of sp³-hybridized carbons (Fsp3) is 0.182. The van der Waals surface area contributed by atoms with Crippen molar-refractivity contribution in [1.29, 1.82) is 0 Å². The van der Waals surface area contributed by atoms with Crippen molar-refractivity contribution in [3.8, 4) is 11.6 Å². The number of anilines is 2. The lowest BCUT2D eigenvalue weighted by Gasteiger charge is -2.14. The molecule has 0 radical (unpaired) electrons. The van der Waals surface area contributed by atoms with E-state index in [-0.39, 0.29) is 0 Å². The number of imidazole rings is 1. The van der Waals surface area contributed by atoms with E-state index in [1.165, 1.54) is 5.56 Å². The molecule has 0 amide bonds. The Kier molecular flexibility index (Phi) is 5.03. The van der Waals surface area contributed by atoms with Gasteiger partial charge in [0.15, 0.2) is 0 Å². The Labute approximate surface area is 174 Å². The van der Waals surface area contributed by atoms with Crippen LogP contribution in [-0.2, 0) is 13.6 Å². The average Bonchev–Trinajstić information content (AvgIpc) is 2.98. The molecule has 4 aromatic rings. The average molecular weight is 408 g/mol. The van der Waals surface area contributed by atoms with E-state index in [0.29, 0.717) is 17.4 Å². The smallest absolute Gasteiger partial charge is 0.219 e. The number of hydrogen-bond acceptors (Lipinski definition) is 5. The van der Waals surface area contributed by atoms with Crippen molar-refractivity contribution in [3.63, 3.8) is 0 Å². The number of ether oxygens (including phenoxy) is 1. The highest BCUT2D eigenvalue weighted by Crippen LogP contribution is 2.27. The van der Waals surface area contributed by atoms with Crippen molar-refractivity contribution < 1.29 is 4.74 Å². The van der Waals surface area contributed by atoms with E-state index in [1.54, 1.807) is 18.3 Å². The molecule has 0 spiro atoms. The predicted octanol–water partition coefficient (Wildman–Crippen LogP) is 5.23. The van der Waals surface area contributed by atoms with E-state index in [9.17, 15) is 0 Å². The summed E-state index contributed by atoms with van der Waals surface area (Å²) >= 11 is 5.88. The number of aryl methyl sites for hydroxylation is 3. The zero-order valence-corrected chi connectivity index (χ0v) is 17.3. The maximum atomic E-state index is 5.90. The molecule has 29 heavy (non-hydrogen) atoms. The Morgan fingerprint density at radius 3 is 2.55 bits per heavy atom. The van der Waals surface area contributed by atoms with Crippen LogP contribution < -0.4 is 15.8 Å². The molecule has 148 valence electrons. The summed E-state index contributed by atoms with van der Waals surface area (Å²) in [5, 5.41) is 4.02. The number of fused-ring (bicyclic) bond motifs is 1. The van der Waals surface area contributed by atoms with E-state index in [4.69, 9.17) is 22.1 Å².